The Morgan fingerprint density at radius 2 is 1.65 bits per heavy atom. The van der Waals surface area contributed by atoms with Crippen LogP contribution in [0.4, 0.5) is 5.69 Å². The van der Waals surface area contributed by atoms with E-state index in [2.05, 4.69) is 26.7 Å². The first-order valence-electron chi connectivity index (χ1n) is 7.54. The van der Waals surface area contributed by atoms with Crippen LogP contribution in [0.3, 0.4) is 0 Å². The van der Waals surface area contributed by atoms with Gasteiger partial charge in [0.05, 0.1) is 0 Å². The van der Waals surface area contributed by atoms with Crippen LogP contribution in [-0.2, 0) is 0 Å². The van der Waals surface area contributed by atoms with Crippen LogP contribution in [0, 0.1) is 0 Å². The van der Waals surface area contributed by atoms with Crippen LogP contribution in [0.25, 0.3) is 0 Å². The molecule has 0 amide bonds. The van der Waals surface area contributed by atoms with Crippen LogP contribution in [0.15, 0.2) is 29.2 Å². The first-order chi connectivity index (χ1) is 9.81. The third-order valence-corrected chi connectivity index (χ3v) is 4.77. The number of nitrogen functional groups attached to an aromatic ring is 1. The lowest BCUT2D eigenvalue weighted by atomic mass is 10.1. The molecule has 2 aliphatic rings. The Hall–Kier alpha value is -0.750. The van der Waals surface area contributed by atoms with Crippen LogP contribution in [0.5, 0.6) is 0 Å². The van der Waals surface area contributed by atoms with E-state index in [-0.39, 0.29) is 0 Å². The van der Waals surface area contributed by atoms with Crippen LogP contribution in [0.2, 0.25) is 0 Å². The van der Waals surface area contributed by atoms with Gasteiger partial charge in [-0.05, 0) is 36.2 Å². The minimum atomic E-state index is 0.786. The summed E-state index contributed by atoms with van der Waals surface area (Å²) in [7, 11) is 0. The van der Waals surface area contributed by atoms with Crippen LogP contribution >= 0.6 is 11.9 Å². The van der Waals surface area contributed by atoms with Crippen molar-refractivity contribution in [2.45, 2.75) is 24.8 Å². The van der Waals surface area contributed by atoms with Crippen molar-refractivity contribution in [1.82, 2.24) is 14.5 Å². The SMILES string of the molecule is CC.Nc1ccc(SN2CCN(C3CNC3)CC2)cc1. The monoisotopic (exact) mass is 294 g/mol. The van der Waals surface area contributed by atoms with Gasteiger partial charge in [-0.2, -0.15) is 0 Å². The van der Waals surface area contributed by atoms with Crippen LogP contribution < -0.4 is 11.1 Å². The van der Waals surface area contributed by atoms with Crippen molar-refractivity contribution in [1.29, 1.82) is 0 Å². The van der Waals surface area contributed by atoms with Crippen LogP contribution in [0.1, 0.15) is 13.8 Å². The van der Waals surface area contributed by atoms with Crippen molar-refractivity contribution in [3.63, 3.8) is 0 Å². The quantitative estimate of drug-likeness (QED) is 0.658. The molecule has 0 unspecified atom stereocenters. The second kappa shape index (κ2) is 7.88. The van der Waals surface area contributed by atoms with Crippen molar-refractivity contribution in [3.8, 4) is 0 Å². The molecule has 0 atom stereocenters. The van der Waals surface area contributed by atoms with E-state index in [1.807, 2.05) is 37.9 Å². The van der Waals surface area contributed by atoms with Gasteiger partial charge in [0.2, 0.25) is 0 Å². The van der Waals surface area contributed by atoms with E-state index in [9.17, 15) is 0 Å². The molecule has 5 heteroatoms. The Bertz CT molecular complexity index is 383. The minimum Gasteiger partial charge on any atom is -0.399 e. The molecule has 112 valence electrons. The Morgan fingerprint density at radius 1 is 1.05 bits per heavy atom. The van der Waals surface area contributed by atoms with E-state index in [1.54, 1.807) is 0 Å². The third-order valence-electron chi connectivity index (χ3n) is 3.66. The lowest BCUT2D eigenvalue weighted by molar-refractivity contribution is 0.107. The van der Waals surface area contributed by atoms with E-state index >= 15 is 0 Å². The molecule has 2 heterocycles. The van der Waals surface area contributed by atoms with Crippen molar-refractivity contribution in [3.05, 3.63) is 24.3 Å². The summed E-state index contributed by atoms with van der Waals surface area (Å²) < 4.78 is 2.45. The Labute approximate surface area is 126 Å². The molecular formula is C15H26N4S. The highest BCUT2D eigenvalue weighted by atomic mass is 32.2. The molecule has 0 aliphatic carbocycles. The number of hydrogen-bond acceptors (Lipinski definition) is 5. The zero-order chi connectivity index (χ0) is 14.4. The fourth-order valence-corrected chi connectivity index (χ4v) is 3.27. The lowest BCUT2D eigenvalue weighted by Crippen LogP contribution is -2.60. The summed E-state index contributed by atoms with van der Waals surface area (Å²) in [6.07, 6.45) is 0. The summed E-state index contributed by atoms with van der Waals surface area (Å²) in [5.74, 6) is 0. The van der Waals surface area contributed by atoms with Gasteiger partial charge in [0.15, 0.2) is 0 Å². The average Bonchev–Trinajstić information content (AvgIpc) is 2.44. The molecular weight excluding hydrogens is 268 g/mol. The number of nitrogens with zero attached hydrogens (tertiary/aromatic N) is 2. The van der Waals surface area contributed by atoms with E-state index in [4.69, 9.17) is 5.73 Å². The van der Waals surface area contributed by atoms with Gasteiger partial charge in [0.1, 0.15) is 0 Å². The number of benzene rings is 1. The maximum atomic E-state index is 5.70. The normalized spacial score (nSPS) is 20.9. The molecule has 3 N–H and O–H groups in total. The molecule has 20 heavy (non-hydrogen) atoms. The molecule has 3 rings (SSSR count). The molecule has 0 radical (unpaired) electrons. The van der Waals surface area contributed by atoms with Gasteiger partial charge in [0.25, 0.3) is 0 Å². The van der Waals surface area contributed by atoms with Gasteiger partial charge in [-0.25, -0.2) is 4.31 Å². The maximum Gasteiger partial charge on any atom is 0.0346 e. The predicted molar refractivity (Wildman–Crippen MR) is 87.9 cm³/mol. The summed E-state index contributed by atoms with van der Waals surface area (Å²) in [6, 6.07) is 8.93. The molecule has 1 aromatic rings. The number of nitrogens with one attached hydrogen (secondary N) is 1. The zero-order valence-electron chi connectivity index (χ0n) is 12.5. The Morgan fingerprint density at radius 3 is 2.15 bits per heavy atom. The van der Waals surface area contributed by atoms with Crippen molar-refractivity contribution in [2.24, 2.45) is 0 Å². The number of nitrogens with two attached hydrogens (primary N) is 1. The molecule has 1 aromatic carbocycles. The second-order valence-corrected chi connectivity index (χ2v) is 6.11. The largest absolute Gasteiger partial charge is 0.399 e. The minimum absolute atomic E-state index is 0.786. The number of rotatable bonds is 3. The number of anilines is 1. The summed E-state index contributed by atoms with van der Waals surface area (Å²) in [6.45, 7) is 11.0. The van der Waals surface area contributed by atoms with E-state index in [0.717, 1.165) is 24.8 Å². The lowest BCUT2D eigenvalue weighted by Gasteiger charge is -2.42. The number of piperazine rings is 1. The maximum absolute atomic E-state index is 5.70. The van der Waals surface area contributed by atoms with Gasteiger partial charge in [-0.3, -0.25) is 4.90 Å². The Kier molecular flexibility index (Phi) is 6.16. The van der Waals surface area contributed by atoms with E-state index in [1.165, 1.54) is 31.1 Å². The summed E-state index contributed by atoms with van der Waals surface area (Å²) in [5.41, 5.74) is 6.53. The fraction of sp³-hybridized carbons (Fsp3) is 0.600. The van der Waals surface area contributed by atoms with Gasteiger partial charge >= 0.3 is 0 Å². The van der Waals surface area contributed by atoms with Crippen molar-refractivity contribution < 1.29 is 0 Å². The molecule has 0 spiro atoms. The fourth-order valence-electron chi connectivity index (χ4n) is 2.37. The van der Waals surface area contributed by atoms with Gasteiger partial charge < -0.3 is 11.1 Å². The van der Waals surface area contributed by atoms with Gasteiger partial charge in [-0.1, -0.05) is 13.8 Å². The zero-order valence-corrected chi connectivity index (χ0v) is 13.3. The Balaban J connectivity index is 0.000000704. The highest BCUT2D eigenvalue weighted by molar-refractivity contribution is 7.97. The molecule has 0 bridgehead atoms. The standard InChI is InChI=1S/C13H20N4S.C2H6/c14-11-1-3-13(4-2-11)18-17-7-5-16(6-8-17)12-9-15-10-12;1-2/h1-4,12,15H,5-10,14H2;1-2H3. The van der Waals surface area contributed by atoms with Crippen LogP contribution in [-0.4, -0.2) is 54.5 Å². The summed E-state index contributed by atoms with van der Waals surface area (Å²) >= 11 is 1.85. The molecule has 4 nitrogen and oxygen atoms in total. The average molecular weight is 294 g/mol. The van der Waals surface area contributed by atoms with E-state index < -0.39 is 0 Å². The van der Waals surface area contributed by atoms with Gasteiger partial charge in [-0.15, -0.1) is 0 Å². The molecule has 0 aromatic heterocycles. The van der Waals surface area contributed by atoms with Crippen molar-refractivity contribution >= 4 is 17.6 Å². The highest BCUT2D eigenvalue weighted by Gasteiger charge is 2.27. The first-order valence-corrected chi connectivity index (χ1v) is 8.32. The molecule has 2 fully saturated rings. The van der Waals surface area contributed by atoms with E-state index in [0.29, 0.717) is 0 Å². The molecule has 0 saturated carbocycles. The second-order valence-electron chi connectivity index (χ2n) is 4.94. The highest BCUT2D eigenvalue weighted by Crippen LogP contribution is 2.25. The number of hydrogen-bond donors (Lipinski definition) is 2. The van der Waals surface area contributed by atoms with Gasteiger partial charge in [0, 0.05) is 55.9 Å². The first kappa shape index (κ1) is 15.6. The summed E-state index contributed by atoms with van der Waals surface area (Å²) in [5, 5.41) is 3.34. The smallest absolute Gasteiger partial charge is 0.0346 e. The predicted octanol–water partition coefficient (Wildman–Crippen LogP) is 1.89. The molecule has 2 aliphatic heterocycles. The topological polar surface area (TPSA) is 44.5 Å². The third kappa shape index (κ3) is 4.12. The molecule has 2 saturated heterocycles. The van der Waals surface area contributed by atoms with Crippen molar-refractivity contribution in [2.75, 3.05) is 45.0 Å². The summed E-state index contributed by atoms with van der Waals surface area (Å²) in [4.78, 5) is 3.89.